The average Bonchev–Trinajstić information content (AvgIpc) is 2.02. The molecule has 0 aliphatic rings. The number of carbonyl (C=O) groups is 2. The summed E-state index contributed by atoms with van der Waals surface area (Å²) >= 11 is 0. The van der Waals surface area contributed by atoms with Gasteiger partial charge in [0.2, 0.25) is 2.86 Å². The molecule has 0 aliphatic carbocycles. The highest BCUT2D eigenvalue weighted by atomic mass is 16.4. The van der Waals surface area contributed by atoms with E-state index in [1.165, 1.54) is 0 Å². The van der Waals surface area contributed by atoms with E-state index in [9.17, 15) is 0 Å². The molecule has 0 aromatic heterocycles. The fraction of sp³-hybridized carbons (Fsp3) is 0.714. The number of aliphatic carboxylic acids is 2. The minimum Gasteiger partial charge on any atom is -0.481 e. The number of aliphatic hydroxyl groups excluding tert-OH is 3. The summed E-state index contributed by atoms with van der Waals surface area (Å²) in [5.41, 5.74) is 0. The molecule has 0 aromatic carbocycles. The number of aliphatic hydroxyl groups is 3. The SMILES string of the molecule is CC(=O)O.CC(=O)O.[2H]OCC(O)CO[2H]. The highest BCUT2D eigenvalue weighted by Gasteiger charge is 1.93. The van der Waals surface area contributed by atoms with Gasteiger partial charge in [0.05, 0.1) is 13.2 Å². The first-order valence-corrected chi connectivity index (χ1v) is 3.51. The van der Waals surface area contributed by atoms with Crippen LogP contribution in [-0.4, -0.2) is 59.7 Å². The van der Waals surface area contributed by atoms with Gasteiger partial charge in [-0.2, -0.15) is 0 Å². The van der Waals surface area contributed by atoms with Crippen molar-refractivity contribution in [3.05, 3.63) is 0 Å². The van der Waals surface area contributed by atoms with Crippen LogP contribution >= 0.6 is 0 Å². The van der Waals surface area contributed by atoms with Crippen LogP contribution in [0.3, 0.4) is 0 Å². The Kier molecular flexibility index (Phi) is 13.1. The summed E-state index contributed by atoms with van der Waals surface area (Å²) in [5, 5.41) is 31.0. The summed E-state index contributed by atoms with van der Waals surface area (Å²) in [6.45, 7) is 1.94. The monoisotopic (exact) mass is 214 g/mol. The van der Waals surface area contributed by atoms with E-state index in [4.69, 9.17) is 27.8 Å². The van der Waals surface area contributed by atoms with Crippen LogP contribution in [0.15, 0.2) is 0 Å². The lowest BCUT2D eigenvalue weighted by Gasteiger charge is -1.96. The Bertz CT molecular complexity index is 150. The Labute approximate surface area is 84.2 Å². The van der Waals surface area contributed by atoms with Gasteiger partial charge in [0.1, 0.15) is 6.10 Å². The molecule has 0 unspecified atom stereocenters. The second-order valence-corrected chi connectivity index (χ2v) is 2.03. The zero-order valence-corrected chi connectivity index (χ0v) is 7.97. The van der Waals surface area contributed by atoms with Crippen molar-refractivity contribution >= 4 is 11.9 Å². The van der Waals surface area contributed by atoms with Gasteiger partial charge in [0.25, 0.3) is 11.9 Å². The molecule has 0 fully saturated rings. The molecule has 0 rings (SSSR count). The van der Waals surface area contributed by atoms with E-state index in [1.807, 2.05) is 0 Å². The molecule has 86 valence electrons. The van der Waals surface area contributed by atoms with Crippen LogP contribution in [0, 0.1) is 0 Å². The van der Waals surface area contributed by atoms with Gasteiger partial charge in [-0.25, -0.2) is 0 Å². The Morgan fingerprint density at radius 1 is 1.14 bits per heavy atom. The van der Waals surface area contributed by atoms with E-state index in [0.29, 0.717) is 0 Å². The number of carboxylic acids is 2. The predicted octanol–water partition coefficient (Wildman–Crippen LogP) is -1.49. The first kappa shape index (κ1) is 12.8. The van der Waals surface area contributed by atoms with Gasteiger partial charge in [-0.3, -0.25) is 9.59 Å². The van der Waals surface area contributed by atoms with Gasteiger partial charge in [0.15, 0.2) is 0 Å². The van der Waals surface area contributed by atoms with Gasteiger partial charge in [-0.15, -0.1) is 0 Å². The maximum absolute atomic E-state index is 9.00. The smallest absolute Gasteiger partial charge is 0.300 e. The van der Waals surface area contributed by atoms with E-state index in [-0.39, 0.29) is 13.2 Å². The molecule has 0 saturated carbocycles. The summed E-state index contributed by atoms with van der Waals surface area (Å²) < 4.78 is 12.3. The van der Waals surface area contributed by atoms with Crippen molar-refractivity contribution in [2.45, 2.75) is 20.0 Å². The number of hydrogen-bond donors (Lipinski definition) is 5. The molecule has 7 heteroatoms. The molecule has 0 saturated heterocycles. The van der Waals surface area contributed by atoms with Crippen molar-refractivity contribution in [2.75, 3.05) is 13.2 Å². The summed E-state index contributed by atoms with van der Waals surface area (Å²) in [5.74, 6) is -1.67. The van der Waals surface area contributed by atoms with Gasteiger partial charge in [-0.05, 0) is 0 Å². The Morgan fingerprint density at radius 3 is 1.50 bits per heavy atom. The van der Waals surface area contributed by atoms with Crippen molar-refractivity contribution in [3.8, 4) is 0 Å². The molecule has 0 heterocycles. The van der Waals surface area contributed by atoms with Crippen LogP contribution in [0.2, 0.25) is 0 Å². The number of hydrogen-bond acceptors (Lipinski definition) is 5. The number of carboxylic acid groups (broad SMARTS) is 2. The fourth-order valence-corrected chi connectivity index (χ4v) is 0.0481. The summed E-state index contributed by atoms with van der Waals surface area (Å²) in [6, 6.07) is 0. The van der Waals surface area contributed by atoms with E-state index in [1.54, 1.807) is 0 Å². The van der Waals surface area contributed by atoms with Crippen LogP contribution in [-0.2, 0) is 9.59 Å². The second-order valence-electron chi connectivity index (χ2n) is 2.03. The van der Waals surface area contributed by atoms with Crippen LogP contribution in [0.5, 0.6) is 0 Å². The highest BCUT2D eigenvalue weighted by Crippen LogP contribution is 1.71. The lowest BCUT2D eigenvalue weighted by molar-refractivity contribution is -0.135. The van der Waals surface area contributed by atoms with Gasteiger partial charge in [0, 0.05) is 13.8 Å². The van der Waals surface area contributed by atoms with Crippen LogP contribution < -0.4 is 0 Å². The zero-order valence-electron chi connectivity index (χ0n) is 9.97. The lowest BCUT2D eigenvalue weighted by atomic mass is 10.4. The molecule has 5 N–H and O–H groups in total. The van der Waals surface area contributed by atoms with Crippen LogP contribution in [0.4, 0.5) is 0 Å². The summed E-state index contributed by atoms with van der Waals surface area (Å²) in [4.78, 5) is 18.0. The van der Waals surface area contributed by atoms with E-state index in [0.717, 1.165) is 13.8 Å². The molecule has 0 aromatic rings. The van der Waals surface area contributed by atoms with Gasteiger partial charge in [-0.1, -0.05) is 0 Å². The Balaban J connectivity index is -0.000000179. The van der Waals surface area contributed by atoms with Crippen LogP contribution in [0.25, 0.3) is 0 Å². The fourth-order valence-electron chi connectivity index (χ4n) is 0.0481. The van der Waals surface area contributed by atoms with Crippen molar-refractivity contribution in [3.63, 3.8) is 0 Å². The first-order valence-electron chi connectivity index (χ1n) is 4.32. The van der Waals surface area contributed by atoms with Crippen LogP contribution in [0.1, 0.15) is 13.8 Å². The topological polar surface area (TPSA) is 135 Å². The largest absolute Gasteiger partial charge is 0.481 e. The normalized spacial score (nSPS) is 9.71. The molecule has 0 radical (unpaired) electrons. The highest BCUT2D eigenvalue weighted by molar-refractivity contribution is 5.63. The number of rotatable bonds is 4. The zero-order chi connectivity index (χ0) is 13.6. The Hall–Kier alpha value is -1.18. The average molecular weight is 214 g/mol. The van der Waals surface area contributed by atoms with Gasteiger partial charge >= 0.3 is 0 Å². The molecular weight excluding hydrogens is 196 g/mol. The Morgan fingerprint density at radius 2 is 1.36 bits per heavy atom. The van der Waals surface area contributed by atoms with E-state index < -0.39 is 18.0 Å². The molecule has 0 amide bonds. The predicted molar refractivity (Wildman–Crippen MR) is 46.8 cm³/mol. The van der Waals surface area contributed by atoms with Crippen molar-refractivity contribution in [1.82, 2.24) is 0 Å². The third kappa shape index (κ3) is 131. The molecule has 14 heavy (non-hydrogen) atoms. The standard InChI is InChI=1S/C3H8O3.2C2H4O2/c4-1-3(6)2-5;2*1-2(3)4/h3-6H,1-2H2;2*1H3,(H,3,4)/i4D,5D;;. The summed E-state index contributed by atoms with van der Waals surface area (Å²) in [7, 11) is 0. The minimum absolute atomic E-state index is 0.112. The first-order chi connectivity index (χ1) is 7.27. The third-order valence-corrected chi connectivity index (χ3v) is 0.385. The van der Waals surface area contributed by atoms with E-state index >= 15 is 0 Å². The van der Waals surface area contributed by atoms with Gasteiger partial charge < -0.3 is 25.5 Å². The maximum atomic E-state index is 9.00. The molecule has 0 bridgehead atoms. The quantitative estimate of drug-likeness (QED) is 0.384. The molecule has 0 aliphatic heterocycles. The minimum atomic E-state index is -0.856. The second kappa shape index (κ2) is 14.3. The maximum Gasteiger partial charge on any atom is 0.300 e. The summed E-state index contributed by atoms with van der Waals surface area (Å²) in [6.07, 6.45) is -0.856. The van der Waals surface area contributed by atoms with Crippen molar-refractivity contribution in [1.29, 1.82) is 2.86 Å². The lowest BCUT2D eigenvalue weighted by Crippen LogP contribution is -2.15. The molecule has 0 spiro atoms. The molecular formula is C7H16O7. The molecule has 7 nitrogen and oxygen atoms in total. The van der Waals surface area contributed by atoms with Crippen molar-refractivity contribution < 1.29 is 35.1 Å². The van der Waals surface area contributed by atoms with Crippen molar-refractivity contribution in [2.24, 2.45) is 0 Å². The molecule has 0 atom stereocenters. The third-order valence-electron chi connectivity index (χ3n) is 0.385. The van der Waals surface area contributed by atoms with E-state index in [2.05, 4.69) is 10.2 Å².